The Kier molecular flexibility index (Phi) is 4.71. The molecule has 2 aromatic heterocycles. The van der Waals surface area contributed by atoms with Crippen LogP contribution >= 0.6 is 11.3 Å². The maximum atomic E-state index is 13.5. The molecule has 1 aliphatic heterocycles. The molecule has 0 N–H and O–H groups in total. The molecule has 0 fully saturated rings. The van der Waals surface area contributed by atoms with Crippen LogP contribution in [0.15, 0.2) is 64.5 Å². The van der Waals surface area contributed by atoms with Gasteiger partial charge in [-0.25, -0.2) is 4.79 Å². The SMILES string of the molecule is Cc1cc(C)cc(N2C(=O)C3C=CC=CC3=[N+](Cc3nc(-c4cccs4)no3)C2=O)c1. The molecule has 1 aromatic carbocycles. The van der Waals surface area contributed by atoms with E-state index in [0.717, 1.165) is 16.0 Å². The van der Waals surface area contributed by atoms with Crippen LogP contribution in [0.3, 0.4) is 0 Å². The van der Waals surface area contributed by atoms with Gasteiger partial charge in [0, 0.05) is 0 Å². The van der Waals surface area contributed by atoms with E-state index >= 15 is 0 Å². The first-order valence-corrected chi connectivity index (χ1v) is 10.7. The van der Waals surface area contributed by atoms with E-state index in [1.807, 2.05) is 61.7 Å². The van der Waals surface area contributed by atoms with Gasteiger partial charge in [0.25, 0.3) is 5.89 Å². The quantitative estimate of drug-likeness (QED) is 0.576. The number of thiophene rings is 1. The highest BCUT2D eigenvalue weighted by Crippen LogP contribution is 2.28. The summed E-state index contributed by atoms with van der Waals surface area (Å²) in [5.74, 6) is -0.0344. The number of rotatable bonds is 4. The molecule has 3 amide bonds. The number of allylic oxidation sites excluding steroid dienone is 3. The smallest absolute Gasteiger partial charge is 0.335 e. The monoisotopic (exact) mass is 431 g/mol. The number of carbonyl (C=O) groups is 2. The highest BCUT2D eigenvalue weighted by Gasteiger charge is 2.48. The van der Waals surface area contributed by atoms with Gasteiger partial charge in [-0.1, -0.05) is 35.5 Å². The lowest BCUT2D eigenvalue weighted by Crippen LogP contribution is -2.54. The van der Waals surface area contributed by atoms with Gasteiger partial charge in [0.1, 0.15) is 17.3 Å². The van der Waals surface area contributed by atoms with Crippen LogP contribution in [0.4, 0.5) is 10.5 Å². The molecule has 0 bridgehead atoms. The second kappa shape index (κ2) is 7.55. The number of fused-ring (bicyclic) bond motifs is 1. The minimum absolute atomic E-state index is 0.0792. The van der Waals surface area contributed by atoms with Crippen LogP contribution in [0, 0.1) is 19.8 Å². The van der Waals surface area contributed by atoms with Crippen LogP contribution in [0.5, 0.6) is 0 Å². The lowest BCUT2D eigenvalue weighted by Gasteiger charge is -2.26. The number of imide groups is 1. The third-order valence-electron chi connectivity index (χ3n) is 5.19. The molecule has 7 nitrogen and oxygen atoms in total. The topological polar surface area (TPSA) is 79.3 Å². The predicted molar refractivity (Wildman–Crippen MR) is 117 cm³/mol. The van der Waals surface area contributed by atoms with Gasteiger partial charge in [0.2, 0.25) is 5.82 Å². The summed E-state index contributed by atoms with van der Waals surface area (Å²) in [7, 11) is 0. The molecular formula is C23H19N4O3S+. The first-order valence-electron chi connectivity index (χ1n) is 9.83. The van der Waals surface area contributed by atoms with E-state index in [1.165, 1.54) is 20.8 Å². The van der Waals surface area contributed by atoms with Crippen molar-refractivity contribution in [3.8, 4) is 10.7 Å². The molecule has 8 heteroatoms. The zero-order chi connectivity index (χ0) is 21.5. The Hall–Kier alpha value is -3.65. The maximum Gasteiger partial charge on any atom is 0.506 e. The largest absolute Gasteiger partial charge is 0.506 e. The summed E-state index contributed by atoms with van der Waals surface area (Å²) in [5.41, 5.74) is 3.13. The first-order chi connectivity index (χ1) is 15.0. The van der Waals surface area contributed by atoms with Crippen molar-refractivity contribution in [3.63, 3.8) is 0 Å². The molecular weight excluding hydrogens is 412 g/mol. The number of anilines is 1. The highest BCUT2D eigenvalue weighted by molar-refractivity contribution is 7.13. The summed E-state index contributed by atoms with van der Waals surface area (Å²) in [5, 5.41) is 5.97. The van der Waals surface area contributed by atoms with E-state index < -0.39 is 11.9 Å². The van der Waals surface area contributed by atoms with Crippen molar-refractivity contribution in [3.05, 3.63) is 77.0 Å². The summed E-state index contributed by atoms with van der Waals surface area (Å²) < 4.78 is 6.96. The van der Waals surface area contributed by atoms with Crippen LogP contribution in [0.2, 0.25) is 0 Å². The van der Waals surface area contributed by atoms with Crippen LogP contribution in [-0.2, 0) is 11.3 Å². The van der Waals surface area contributed by atoms with Gasteiger partial charge in [0.05, 0.1) is 4.88 Å². The maximum absolute atomic E-state index is 13.5. The standard InChI is InChI=1S/C23H19N4O3S/c1-14-10-15(2)12-16(11-14)27-22(28)17-6-3-4-7-18(17)26(23(27)29)13-20-24-21(25-30-20)19-8-5-9-31-19/h3-12,17H,13H2,1-2H3/q+1. The third-order valence-corrected chi connectivity index (χ3v) is 6.05. The molecule has 1 unspecified atom stereocenters. The number of urea groups is 1. The van der Waals surface area contributed by atoms with E-state index in [1.54, 1.807) is 12.2 Å². The molecule has 0 spiro atoms. The Labute approximate surface area is 182 Å². The van der Waals surface area contributed by atoms with Crippen LogP contribution < -0.4 is 4.90 Å². The fourth-order valence-corrected chi connectivity index (χ4v) is 4.55. The fourth-order valence-electron chi connectivity index (χ4n) is 3.90. The van der Waals surface area contributed by atoms with Gasteiger partial charge in [-0.2, -0.15) is 14.4 Å². The van der Waals surface area contributed by atoms with E-state index in [2.05, 4.69) is 10.1 Å². The van der Waals surface area contributed by atoms with Crippen molar-refractivity contribution in [2.24, 2.45) is 5.92 Å². The average Bonchev–Trinajstić information content (AvgIpc) is 3.42. The first kappa shape index (κ1) is 19.3. The highest BCUT2D eigenvalue weighted by atomic mass is 32.1. The number of nitrogens with zero attached hydrogens (tertiary/aromatic N) is 4. The summed E-state index contributed by atoms with van der Waals surface area (Å²) in [6.45, 7) is 3.97. The van der Waals surface area contributed by atoms with Gasteiger partial charge in [-0.15, -0.1) is 16.2 Å². The van der Waals surface area contributed by atoms with Crippen molar-refractivity contribution < 1.29 is 18.7 Å². The Morgan fingerprint density at radius 2 is 1.97 bits per heavy atom. The zero-order valence-electron chi connectivity index (χ0n) is 17.0. The van der Waals surface area contributed by atoms with Crippen LogP contribution in [0.25, 0.3) is 10.7 Å². The molecule has 154 valence electrons. The van der Waals surface area contributed by atoms with Gasteiger partial charge in [0.15, 0.2) is 6.54 Å². The third kappa shape index (κ3) is 3.44. The average molecular weight is 431 g/mol. The number of hydrogen-bond acceptors (Lipinski definition) is 6. The molecule has 0 saturated heterocycles. The second-order valence-corrected chi connectivity index (χ2v) is 8.47. The molecule has 31 heavy (non-hydrogen) atoms. The predicted octanol–water partition coefficient (Wildman–Crippen LogP) is 4.28. The van der Waals surface area contributed by atoms with Crippen molar-refractivity contribution in [2.75, 3.05) is 4.90 Å². The van der Waals surface area contributed by atoms with Crippen molar-refractivity contribution in [1.29, 1.82) is 0 Å². The van der Waals surface area contributed by atoms with E-state index in [-0.39, 0.29) is 12.5 Å². The van der Waals surface area contributed by atoms with Crippen molar-refractivity contribution in [2.45, 2.75) is 20.4 Å². The normalized spacial score (nSPS) is 18.1. The van der Waals surface area contributed by atoms with Gasteiger partial charge >= 0.3 is 11.9 Å². The number of aryl methyl sites for hydroxylation is 2. The minimum atomic E-state index is -0.553. The number of amides is 3. The molecule has 1 atom stereocenters. The molecule has 3 heterocycles. The lowest BCUT2D eigenvalue weighted by atomic mass is 9.94. The van der Waals surface area contributed by atoms with E-state index in [9.17, 15) is 9.59 Å². The van der Waals surface area contributed by atoms with Crippen LogP contribution in [-0.4, -0.2) is 32.4 Å². The Morgan fingerprint density at radius 1 is 1.16 bits per heavy atom. The zero-order valence-corrected chi connectivity index (χ0v) is 17.8. The van der Waals surface area contributed by atoms with Gasteiger partial charge in [-0.3, -0.25) is 0 Å². The Bertz CT molecular complexity index is 1260. The number of aromatic nitrogens is 2. The van der Waals surface area contributed by atoms with Gasteiger partial charge in [-0.05, 0) is 54.6 Å². The fraction of sp³-hybridized carbons (Fsp3) is 0.174. The molecule has 2 aliphatic rings. The van der Waals surface area contributed by atoms with Crippen LogP contribution in [0.1, 0.15) is 17.0 Å². The van der Waals surface area contributed by atoms with Gasteiger partial charge < -0.3 is 4.52 Å². The molecule has 0 radical (unpaired) electrons. The van der Waals surface area contributed by atoms with E-state index in [0.29, 0.717) is 23.1 Å². The number of hydrogen-bond donors (Lipinski definition) is 0. The Morgan fingerprint density at radius 3 is 2.71 bits per heavy atom. The summed E-state index contributed by atoms with van der Waals surface area (Å²) in [6.07, 6.45) is 7.23. The summed E-state index contributed by atoms with van der Waals surface area (Å²) in [6, 6.07) is 9.08. The molecule has 0 saturated carbocycles. The summed E-state index contributed by atoms with van der Waals surface area (Å²) in [4.78, 5) is 33.4. The van der Waals surface area contributed by atoms with E-state index in [4.69, 9.17) is 4.52 Å². The number of carbonyl (C=O) groups excluding carboxylic acids is 2. The van der Waals surface area contributed by atoms with Crippen molar-refractivity contribution in [1.82, 2.24) is 10.1 Å². The Balaban J connectivity index is 1.56. The summed E-state index contributed by atoms with van der Waals surface area (Å²) >= 11 is 1.51. The van der Waals surface area contributed by atoms with Crippen molar-refractivity contribution >= 4 is 34.7 Å². The second-order valence-electron chi connectivity index (χ2n) is 7.52. The number of benzene rings is 1. The lowest BCUT2D eigenvalue weighted by molar-refractivity contribution is -0.449. The molecule has 3 aromatic rings. The minimum Gasteiger partial charge on any atom is -0.335 e. The molecule has 1 aliphatic carbocycles. The molecule has 5 rings (SSSR count).